The highest BCUT2D eigenvalue weighted by atomic mass is 15.0. The molecule has 0 aliphatic rings. The minimum Gasteiger partial charge on any atom is -0.309 e. The normalized spacial score (nSPS) is 12.0. The highest BCUT2D eigenvalue weighted by Crippen LogP contribution is 2.41. The average molecular weight is 761 g/mol. The van der Waals surface area contributed by atoms with E-state index in [2.05, 4.69) is 228 Å². The number of hydrogen-bond donors (Lipinski definition) is 0. The van der Waals surface area contributed by atoms with E-state index in [1.807, 2.05) is 0 Å². The first-order valence-corrected chi connectivity index (χ1v) is 20.8. The van der Waals surface area contributed by atoms with Gasteiger partial charge >= 0.3 is 0 Å². The Bertz CT molecular complexity index is 3850. The second-order valence-corrected chi connectivity index (χ2v) is 16.1. The molecule has 2 heteroatoms. The van der Waals surface area contributed by atoms with Gasteiger partial charge in [0.15, 0.2) is 0 Å². The minimum absolute atomic E-state index is 1.16. The number of benzene rings is 11. The lowest BCUT2D eigenvalue weighted by Gasteiger charge is -2.12. The molecule has 2 heterocycles. The molecule has 0 aliphatic carbocycles. The third-order valence-electron chi connectivity index (χ3n) is 12.9. The van der Waals surface area contributed by atoms with Crippen molar-refractivity contribution in [3.63, 3.8) is 0 Å². The molecule has 0 amide bonds. The molecule has 0 N–H and O–H groups in total. The third kappa shape index (κ3) is 4.88. The zero-order chi connectivity index (χ0) is 39.3. The quantitative estimate of drug-likeness (QED) is 0.158. The van der Waals surface area contributed by atoms with Gasteiger partial charge in [0.25, 0.3) is 0 Å². The van der Waals surface area contributed by atoms with Crippen molar-refractivity contribution in [3.8, 4) is 33.6 Å². The number of nitrogens with zero attached hydrogens (tertiary/aromatic N) is 2. The molecule has 0 aliphatic heterocycles. The van der Waals surface area contributed by atoms with Crippen LogP contribution in [-0.2, 0) is 0 Å². The van der Waals surface area contributed by atoms with Gasteiger partial charge < -0.3 is 9.13 Å². The molecule has 278 valence electrons. The maximum absolute atomic E-state index is 2.45. The molecule has 0 fully saturated rings. The van der Waals surface area contributed by atoms with E-state index in [-0.39, 0.29) is 0 Å². The first kappa shape index (κ1) is 33.1. The van der Waals surface area contributed by atoms with Crippen LogP contribution in [0.15, 0.2) is 218 Å². The molecule has 2 nitrogen and oxygen atoms in total. The third-order valence-corrected chi connectivity index (χ3v) is 12.9. The number of fused-ring (bicyclic) bond motifs is 13. The van der Waals surface area contributed by atoms with Crippen LogP contribution in [0.1, 0.15) is 0 Å². The van der Waals surface area contributed by atoms with Crippen molar-refractivity contribution >= 4 is 86.7 Å². The summed E-state index contributed by atoms with van der Waals surface area (Å²) < 4.78 is 4.85. The fourth-order valence-electron chi connectivity index (χ4n) is 10.1. The topological polar surface area (TPSA) is 9.86 Å². The number of hydrogen-bond acceptors (Lipinski definition) is 0. The summed E-state index contributed by atoms with van der Waals surface area (Å²) in [6.45, 7) is 0. The fourth-order valence-corrected chi connectivity index (χ4v) is 10.1. The molecule has 2 aromatic heterocycles. The van der Waals surface area contributed by atoms with Crippen LogP contribution in [0.4, 0.5) is 0 Å². The Balaban J connectivity index is 1.04. The van der Waals surface area contributed by atoms with Crippen molar-refractivity contribution in [3.05, 3.63) is 218 Å². The highest BCUT2D eigenvalue weighted by Gasteiger charge is 2.18. The summed E-state index contributed by atoms with van der Waals surface area (Å²) in [5.41, 5.74) is 11.9. The number of para-hydroxylation sites is 2. The monoisotopic (exact) mass is 760 g/mol. The average Bonchev–Trinajstić information content (AvgIpc) is 3.83. The summed E-state index contributed by atoms with van der Waals surface area (Å²) in [5.74, 6) is 0. The minimum atomic E-state index is 1.16. The van der Waals surface area contributed by atoms with Crippen LogP contribution in [0.3, 0.4) is 0 Å². The summed E-state index contributed by atoms with van der Waals surface area (Å²) in [6, 6.07) is 80.7. The van der Waals surface area contributed by atoms with Crippen molar-refractivity contribution in [2.24, 2.45) is 0 Å². The van der Waals surface area contributed by atoms with Crippen molar-refractivity contribution in [1.29, 1.82) is 0 Å². The van der Waals surface area contributed by atoms with Crippen LogP contribution < -0.4 is 0 Å². The van der Waals surface area contributed by atoms with Gasteiger partial charge in [0.2, 0.25) is 0 Å². The summed E-state index contributed by atoms with van der Waals surface area (Å²) in [5, 5.41) is 15.2. The lowest BCUT2D eigenvalue weighted by molar-refractivity contribution is 1.18. The van der Waals surface area contributed by atoms with Gasteiger partial charge in [-0.3, -0.25) is 0 Å². The van der Waals surface area contributed by atoms with E-state index in [1.165, 1.54) is 109 Å². The van der Waals surface area contributed by atoms with E-state index in [0.717, 1.165) is 11.4 Å². The molecule has 0 bridgehead atoms. The Labute approximate surface area is 346 Å². The van der Waals surface area contributed by atoms with Crippen molar-refractivity contribution in [2.45, 2.75) is 0 Å². The Morgan fingerprint density at radius 1 is 0.200 bits per heavy atom. The van der Waals surface area contributed by atoms with Crippen molar-refractivity contribution in [1.82, 2.24) is 9.13 Å². The first-order valence-electron chi connectivity index (χ1n) is 20.8. The van der Waals surface area contributed by atoms with Gasteiger partial charge in [0.1, 0.15) is 0 Å². The Morgan fingerprint density at radius 3 is 1.30 bits per heavy atom. The second kappa shape index (κ2) is 12.8. The molecule has 11 aromatic carbocycles. The molecular weight excluding hydrogens is 725 g/mol. The van der Waals surface area contributed by atoms with Crippen LogP contribution >= 0.6 is 0 Å². The number of rotatable bonds is 4. The van der Waals surface area contributed by atoms with E-state index in [1.54, 1.807) is 0 Å². The Hall–Kier alpha value is -7.94. The standard InChI is InChI=1S/C58H36N2/c1-2-14-43(15-3-1)59-55-21-11-10-20-50(55)51-29-24-42(36-58(51)59)41-26-31-57-54(35-41)53-34-40(25-30-56(53)60(57)44-27-22-37-12-4-5-13-38(37)32-44)39-23-28-49-47-18-7-6-16-45(47)46-17-8-9-19-48(46)52(49)33-39/h1-36H. The van der Waals surface area contributed by atoms with Gasteiger partial charge in [-0.25, -0.2) is 0 Å². The van der Waals surface area contributed by atoms with Crippen LogP contribution in [0.5, 0.6) is 0 Å². The molecule has 0 atom stereocenters. The van der Waals surface area contributed by atoms with Crippen LogP contribution in [0.25, 0.3) is 120 Å². The molecule has 0 saturated heterocycles. The molecule has 0 saturated carbocycles. The van der Waals surface area contributed by atoms with Gasteiger partial charge in [-0.15, -0.1) is 0 Å². The zero-order valence-corrected chi connectivity index (χ0v) is 32.7. The highest BCUT2D eigenvalue weighted by molar-refractivity contribution is 6.26. The number of aromatic nitrogens is 2. The largest absolute Gasteiger partial charge is 0.309 e. The maximum Gasteiger partial charge on any atom is 0.0547 e. The van der Waals surface area contributed by atoms with E-state index in [0.29, 0.717) is 0 Å². The van der Waals surface area contributed by atoms with Crippen LogP contribution in [-0.4, -0.2) is 9.13 Å². The Morgan fingerprint density at radius 2 is 0.633 bits per heavy atom. The molecule has 0 unspecified atom stereocenters. The van der Waals surface area contributed by atoms with E-state index in [4.69, 9.17) is 0 Å². The molecule has 13 rings (SSSR count). The lowest BCUT2D eigenvalue weighted by Crippen LogP contribution is -1.94. The summed E-state index contributed by atoms with van der Waals surface area (Å²) in [6.07, 6.45) is 0. The molecule has 0 spiro atoms. The van der Waals surface area contributed by atoms with Gasteiger partial charge in [-0.05, 0) is 132 Å². The molecular formula is C58H36N2. The van der Waals surface area contributed by atoms with Crippen molar-refractivity contribution in [2.75, 3.05) is 0 Å². The Kier molecular flexibility index (Phi) is 7.05. The predicted molar refractivity (Wildman–Crippen MR) is 256 cm³/mol. The van der Waals surface area contributed by atoms with Gasteiger partial charge in [0.05, 0.1) is 22.1 Å². The summed E-state index contributed by atoms with van der Waals surface area (Å²) in [4.78, 5) is 0. The van der Waals surface area contributed by atoms with Crippen LogP contribution in [0, 0.1) is 0 Å². The van der Waals surface area contributed by atoms with Gasteiger partial charge in [-0.2, -0.15) is 0 Å². The fraction of sp³-hybridized carbons (Fsp3) is 0. The summed E-state index contributed by atoms with van der Waals surface area (Å²) >= 11 is 0. The zero-order valence-electron chi connectivity index (χ0n) is 32.7. The van der Waals surface area contributed by atoms with Crippen LogP contribution in [0.2, 0.25) is 0 Å². The second-order valence-electron chi connectivity index (χ2n) is 16.1. The SMILES string of the molecule is c1ccc(-n2c3ccccc3c3ccc(-c4ccc5c(c4)c4cc(-c6ccc7c8ccccc8c8ccccc8c7c6)ccc4n5-c4ccc5ccccc5c4)cc32)cc1. The van der Waals surface area contributed by atoms with E-state index in [9.17, 15) is 0 Å². The van der Waals surface area contributed by atoms with Gasteiger partial charge in [0, 0.05) is 32.9 Å². The predicted octanol–water partition coefficient (Wildman–Crippen LogP) is 15.8. The van der Waals surface area contributed by atoms with E-state index < -0.39 is 0 Å². The molecule has 0 radical (unpaired) electrons. The molecule has 60 heavy (non-hydrogen) atoms. The smallest absolute Gasteiger partial charge is 0.0547 e. The summed E-state index contributed by atoms with van der Waals surface area (Å²) in [7, 11) is 0. The lowest BCUT2D eigenvalue weighted by atomic mass is 9.92. The molecule has 13 aromatic rings. The van der Waals surface area contributed by atoms with E-state index >= 15 is 0 Å². The van der Waals surface area contributed by atoms with Crippen molar-refractivity contribution < 1.29 is 0 Å². The van der Waals surface area contributed by atoms with Gasteiger partial charge in [-0.1, -0.05) is 152 Å². The maximum atomic E-state index is 2.45. The first-order chi connectivity index (χ1) is 29.7.